The Morgan fingerprint density at radius 2 is 2.00 bits per heavy atom. The molecule has 21 heavy (non-hydrogen) atoms. The summed E-state index contributed by atoms with van der Waals surface area (Å²) in [7, 11) is 3.15. The third kappa shape index (κ3) is 5.03. The van der Waals surface area contributed by atoms with E-state index in [4.69, 9.17) is 24.6 Å². The van der Waals surface area contributed by atoms with Gasteiger partial charge in [0.05, 0.1) is 18.2 Å². The molecule has 2 atom stereocenters. The van der Waals surface area contributed by atoms with Crippen LogP contribution in [0.25, 0.3) is 0 Å². The van der Waals surface area contributed by atoms with Crippen LogP contribution in [0.3, 0.4) is 0 Å². The maximum atomic E-state index is 8.98. The van der Waals surface area contributed by atoms with E-state index in [1.54, 1.807) is 21.2 Å². The molecule has 6 heteroatoms. The third-order valence-corrected chi connectivity index (χ3v) is 3.72. The minimum Gasteiger partial charge on any atom is -0.468 e. The van der Waals surface area contributed by atoms with Gasteiger partial charge in [0.1, 0.15) is 11.9 Å². The summed E-state index contributed by atoms with van der Waals surface area (Å²) in [5, 5.41) is 8.98. The molecule has 2 unspecified atom stereocenters. The number of rotatable bonds is 8. The first-order valence-electron chi connectivity index (χ1n) is 7.01. The van der Waals surface area contributed by atoms with Gasteiger partial charge in [-0.05, 0) is 45.1 Å². The monoisotopic (exact) mass is 293 g/mol. The van der Waals surface area contributed by atoms with Crippen molar-refractivity contribution in [2.45, 2.75) is 50.7 Å². The molecule has 1 heterocycles. The second-order valence-corrected chi connectivity index (χ2v) is 5.62. The highest BCUT2D eigenvalue weighted by Crippen LogP contribution is 2.33. The Morgan fingerprint density at radius 3 is 2.52 bits per heavy atom. The first-order valence-corrected chi connectivity index (χ1v) is 7.01. The van der Waals surface area contributed by atoms with E-state index in [1.807, 2.05) is 26.0 Å². The average Bonchev–Trinajstić information content (AvgIpc) is 2.94. The highest BCUT2D eigenvalue weighted by atomic mass is 16.6. The van der Waals surface area contributed by atoms with E-state index in [2.05, 4.69) is 5.92 Å². The number of hydrogen-bond donors (Lipinski definition) is 2. The number of unbranched alkanes of at least 4 members (excludes halogenated alkanes) is 1. The van der Waals surface area contributed by atoms with Gasteiger partial charge in [0.2, 0.25) is 0 Å². The van der Waals surface area contributed by atoms with Crippen LogP contribution in [0.5, 0.6) is 5.95 Å². The minimum absolute atomic E-state index is 0.435. The van der Waals surface area contributed by atoms with E-state index in [9.17, 15) is 0 Å². The first kappa shape index (κ1) is 17.5. The van der Waals surface area contributed by atoms with Gasteiger partial charge in [0.15, 0.2) is 0 Å². The third-order valence-electron chi connectivity index (χ3n) is 3.72. The molecular formula is C15H24BNO4. The number of aliphatic hydroxyl groups excluding tert-OH is 1. The van der Waals surface area contributed by atoms with Gasteiger partial charge in [0, 0.05) is 6.07 Å². The fraction of sp³-hybridized carbons (Fsp3) is 0.600. The fourth-order valence-corrected chi connectivity index (χ4v) is 2.15. The zero-order chi connectivity index (χ0) is 15.9. The Balaban J connectivity index is 2.66. The Labute approximate surface area is 127 Å². The lowest BCUT2D eigenvalue weighted by Crippen LogP contribution is -2.38. The van der Waals surface area contributed by atoms with Gasteiger partial charge in [-0.2, -0.15) is 0 Å². The summed E-state index contributed by atoms with van der Waals surface area (Å²) >= 11 is 0. The molecule has 3 N–H and O–H groups in total. The summed E-state index contributed by atoms with van der Waals surface area (Å²) in [6.45, 7) is 3.80. The van der Waals surface area contributed by atoms with Crippen molar-refractivity contribution in [2.75, 3.05) is 7.11 Å². The van der Waals surface area contributed by atoms with Crippen LogP contribution in [-0.2, 0) is 10.1 Å². The van der Waals surface area contributed by atoms with Crippen LogP contribution in [0.4, 0.5) is 0 Å². The highest BCUT2D eigenvalue weighted by Gasteiger charge is 2.29. The zero-order valence-corrected chi connectivity index (χ0v) is 13.2. The first-order chi connectivity index (χ1) is 9.87. The van der Waals surface area contributed by atoms with E-state index in [1.165, 1.54) is 0 Å². The van der Waals surface area contributed by atoms with Gasteiger partial charge >= 0.3 is 0 Å². The molecule has 0 aliphatic carbocycles. The number of ether oxygens (including phenoxy) is 1. The molecule has 116 valence electrons. The van der Waals surface area contributed by atoms with E-state index in [0.717, 1.165) is 25.7 Å². The molecule has 0 saturated carbocycles. The molecule has 0 aliphatic rings. The lowest BCUT2D eigenvalue weighted by Gasteiger charge is -2.25. The van der Waals surface area contributed by atoms with Crippen molar-refractivity contribution in [3.63, 3.8) is 0 Å². The van der Waals surface area contributed by atoms with Crippen LogP contribution < -0.4 is 10.5 Å². The van der Waals surface area contributed by atoms with Crippen LogP contribution in [-0.4, -0.2) is 26.0 Å². The molecule has 0 fully saturated rings. The Bertz CT molecular complexity index is 503. The summed E-state index contributed by atoms with van der Waals surface area (Å²) in [5.74, 6) is 3.94. The molecule has 1 aromatic heterocycles. The van der Waals surface area contributed by atoms with Crippen LogP contribution in [0.15, 0.2) is 16.5 Å². The molecule has 5 nitrogen and oxygen atoms in total. The second kappa shape index (κ2) is 7.44. The molecule has 1 rings (SSSR count). The standard InChI is InChI=1S/C15H24BNO4/c1-14(10-11-18,12-6-7-13(19-3)20-12)8-4-5-9-15(2,17)21-16/h6-7,18H,4-5,8-9,16-17H2,1-3H3. The number of nitrogens with two attached hydrogens (primary N) is 1. The Hall–Kier alpha value is -1.58. The van der Waals surface area contributed by atoms with Crippen LogP contribution >= 0.6 is 0 Å². The summed E-state index contributed by atoms with van der Waals surface area (Å²) in [6, 6.07) is 3.57. The topological polar surface area (TPSA) is 77.9 Å². The molecule has 0 spiro atoms. The number of methoxy groups -OCH3 is 1. The number of furan rings is 1. The number of hydrogen-bond acceptors (Lipinski definition) is 5. The lowest BCUT2D eigenvalue weighted by molar-refractivity contribution is 0.0947. The highest BCUT2D eigenvalue weighted by molar-refractivity contribution is 5.98. The van der Waals surface area contributed by atoms with Gasteiger partial charge in [-0.15, -0.1) is 0 Å². The smallest absolute Gasteiger partial charge is 0.284 e. The van der Waals surface area contributed by atoms with Crippen LogP contribution in [0.1, 0.15) is 45.3 Å². The van der Waals surface area contributed by atoms with Gasteiger partial charge in [0.25, 0.3) is 14.0 Å². The largest absolute Gasteiger partial charge is 0.468 e. The molecule has 0 aromatic carbocycles. The predicted octanol–water partition coefficient (Wildman–Crippen LogP) is 1.68. The van der Waals surface area contributed by atoms with E-state index >= 15 is 0 Å². The van der Waals surface area contributed by atoms with Crippen molar-refractivity contribution in [1.82, 2.24) is 0 Å². The lowest BCUT2D eigenvalue weighted by atomic mass is 9.83. The molecular weight excluding hydrogens is 269 g/mol. The quantitative estimate of drug-likeness (QED) is 0.330. The summed E-state index contributed by atoms with van der Waals surface area (Å²) in [5.41, 5.74) is 4.78. The summed E-state index contributed by atoms with van der Waals surface area (Å²) < 4.78 is 15.8. The Kier molecular flexibility index (Phi) is 6.19. The molecule has 0 aliphatic heterocycles. The van der Waals surface area contributed by atoms with E-state index in [0.29, 0.717) is 11.7 Å². The van der Waals surface area contributed by atoms with Gasteiger partial charge in [-0.3, -0.25) is 0 Å². The maximum absolute atomic E-state index is 8.98. The van der Waals surface area contributed by atoms with E-state index < -0.39 is 11.1 Å². The zero-order valence-electron chi connectivity index (χ0n) is 13.2. The molecule has 0 bridgehead atoms. The average molecular weight is 293 g/mol. The normalized spacial score (nSPS) is 16.4. The van der Waals surface area contributed by atoms with Gasteiger partial charge < -0.3 is 24.6 Å². The summed E-state index contributed by atoms with van der Waals surface area (Å²) in [4.78, 5) is 0. The van der Waals surface area contributed by atoms with E-state index in [-0.39, 0.29) is 0 Å². The molecule has 0 radical (unpaired) electrons. The van der Waals surface area contributed by atoms with Crippen molar-refractivity contribution in [2.24, 2.45) is 5.73 Å². The minimum atomic E-state index is -0.604. The molecule has 0 saturated heterocycles. The van der Waals surface area contributed by atoms with Crippen molar-refractivity contribution < 1.29 is 18.9 Å². The van der Waals surface area contributed by atoms with Gasteiger partial charge in [-0.25, -0.2) is 0 Å². The van der Waals surface area contributed by atoms with Gasteiger partial charge in [-0.1, -0.05) is 6.42 Å². The molecule has 0 amide bonds. The van der Waals surface area contributed by atoms with Crippen LogP contribution in [0.2, 0.25) is 0 Å². The second-order valence-electron chi connectivity index (χ2n) is 5.62. The van der Waals surface area contributed by atoms with Crippen molar-refractivity contribution in [3.8, 4) is 18.0 Å². The Morgan fingerprint density at radius 1 is 1.33 bits per heavy atom. The van der Waals surface area contributed by atoms with Crippen molar-refractivity contribution in [1.29, 1.82) is 0 Å². The maximum Gasteiger partial charge on any atom is 0.284 e. The van der Waals surface area contributed by atoms with Crippen molar-refractivity contribution >= 4 is 8.05 Å². The number of aliphatic hydroxyl groups is 1. The SMILES string of the molecule is BOC(C)(N)CCCCC(C)(C#CO)c1ccc(OC)o1. The predicted molar refractivity (Wildman–Crippen MR) is 83.0 cm³/mol. The van der Waals surface area contributed by atoms with Crippen molar-refractivity contribution in [3.05, 3.63) is 17.9 Å². The molecule has 1 aromatic rings. The summed E-state index contributed by atoms with van der Waals surface area (Å²) in [6.07, 6.45) is 5.30. The fourth-order valence-electron chi connectivity index (χ4n) is 2.15. The van der Waals surface area contributed by atoms with Crippen LogP contribution in [0, 0.1) is 12.0 Å².